The molecule has 1 unspecified atom stereocenters. The number of piperazine rings is 1. The second kappa shape index (κ2) is 15.7. The van der Waals surface area contributed by atoms with Gasteiger partial charge in [0.2, 0.25) is 0 Å². The molecule has 0 amide bonds. The highest BCUT2D eigenvalue weighted by molar-refractivity contribution is 8.00. The molecule has 2 aromatic carbocycles. The van der Waals surface area contributed by atoms with E-state index in [1.165, 1.54) is 28.1 Å². The first kappa shape index (κ1) is 37.1. The lowest BCUT2D eigenvalue weighted by Crippen LogP contribution is -2.49. The number of aryl methyl sites for hydroxylation is 1. The van der Waals surface area contributed by atoms with Crippen molar-refractivity contribution in [3.05, 3.63) is 70.4 Å². The van der Waals surface area contributed by atoms with Gasteiger partial charge in [-0.15, -0.1) is 12.8 Å². The number of rotatable bonds is 7. The van der Waals surface area contributed by atoms with Crippen molar-refractivity contribution < 1.29 is 15.0 Å². The number of carboxylic acid groups (broad SMARTS) is 1. The molecule has 4 heterocycles. The van der Waals surface area contributed by atoms with Gasteiger partial charge in [-0.05, 0) is 100 Å². The van der Waals surface area contributed by atoms with Crippen LogP contribution in [0.3, 0.4) is 0 Å². The Kier molecular flexibility index (Phi) is 12.1. The lowest BCUT2D eigenvalue weighted by Gasteiger charge is -2.40. The fourth-order valence-electron chi connectivity index (χ4n) is 7.01. The smallest absolute Gasteiger partial charge is 0.307 e. The number of hydrogen-bond donors (Lipinski definition) is 2. The van der Waals surface area contributed by atoms with Crippen LogP contribution in [0.5, 0.6) is 0 Å². The Hall–Kier alpha value is -3.71. The van der Waals surface area contributed by atoms with Gasteiger partial charge in [0.15, 0.2) is 0 Å². The SMILES string of the molecule is C#C.CC(C)(C)O.CSN1CCN2c3c(c(-c4ccc(C)cc4)c(CC(=O)O)c(C)c31)CC2c1ccnc(N2CCN(C(C)C)CC2)c1. The summed E-state index contributed by atoms with van der Waals surface area (Å²) in [7, 11) is 0. The number of aliphatic hydroxyl groups is 1. The number of carbonyl (C=O) groups is 1. The molecule has 1 aromatic heterocycles. The van der Waals surface area contributed by atoms with Gasteiger partial charge in [-0.1, -0.05) is 41.8 Å². The predicted molar refractivity (Wildman–Crippen MR) is 202 cm³/mol. The summed E-state index contributed by atoms with van der Waals surface area (Å²) in [4.78, 5) is 24.5. The first-order chi connectivity index (χ1) is 22.8. The van der Waals surface area contributed by atoms with Gasteiger partial charge >= 0.3 is 5.97 Å². The highest BCUT2D eigenvalue weighted by Crippen LogP contribution is 2.55. The van der Waals surface area contributed by atoms with E-state index in [2.05, 4.69) is 102 Å². The van der Waals surface area contributed by atoms with Gasteiger partial charge in [-0.2, -0.15) is 0 Å². The largest absolute Gasteiger partial charge is 0.481 e. The van der Waals surface area contributed by atoms with E-state index in [1.54, 1.807) is 32.7 Å². The fraction of sp³-hybridized carbons (Fsp3) is 0.487. The van der Waals surface area contributed by atoms with Crippen LogP contribution in [0.25, 0.3) is 11.1 Å². The molecule has 0 radical (unpaired) electrons. The summed E-state index contributed by atoms with van der Waals surface area (Å²) >= 11 is 1.73. The number of aromatic nitrogens is 1. The van der Waals surface area contributed by atoms with E-state index in [9.17, 15) is 9.90 Å². The maximum atomic E-state index is 12.2. The molecule has 9 heteroatoms. The highest BCUT2D eigenvalue weighted by Gasteiger charge is 2.41. The molecule has 1 saturated heterocycles. The lowest BCUT2D eigenvalue weighted by atomic mass is 9.86. The van der Waals surface area contributed by atoms with Gasteiger partial charge in [-0.25, -0.2) is 4.98 Å². The summed E-state index contributed by atoms with van der Waals surface area (Å²) in [5, 5.41) is 18.5. The molecule has 6 rings (SSSR count). The third-order valence-corrected chi connectivity index (χ3v) is 9.99. The summed E-state index contributed by atoms with van der Waals surface area (Å²) in [6.45, 7) is 19.9. The third-order valence-electron chi connectivity index (χ3n) is 9.19. The van der Waals surface area contributed by atoms with E-state index < -0.39 is 11.6 Å². The van der Waals surface area contributed by atoms with Crippen LogP contribution in [-0.4, -0.2) is 83.2 Å². The van der Waals surface area contributed by atoms with Crippen LogP contribution in [0.2, 0.25) is 0 Å². The molecular weight excluding hydrogens is 619 g/mol. The quantitative estimate of drug-likeness (QED) is 0.209. The van der Waals surface area contributed by atoms with Crippen molar-refractivity contribution in [2.45, 2.75) is 79.0 Å². The van der Waals surface area contributed by atoms with Gasteiger partial charge in [0.1, 0.15) is 5.82 Å². The third kappa shape index (κ3) is 8.28. The van der Waals surface area contributed by atoms with Crippen molar-refractivity contribution >= 4 is 35.1 Å². The fourth-order valence-corrected chi connectivity index (χ4v) is 7.68. The van der Waals surface area contributed by atoms with Crippen LogP contribution in [0.1, 0.15) is 68.5 Å². The van der Waals surface area contributed by atoms with Crippen LogP contribution in [0, 0.1) is 26.7 Å². The normalized spacial score (nSPS) is 17.3. The van der Waals surface area contributed by atoms with E-state index >= 15 is 0 Å². The number of hydrogen-bond acceptors (Lipinski definition) is 8. The maximum absolute atomic E-state index is 12.2. The van der Waals surface area contributed by atoms with E-state index in [-0.39, 0.29) is 12.5 Å². The van der Waals surface area contributed by atoms with Crippen molar-refractivity contribution in [1.29, 1.82) is 0 Å². The molecule has 48 heavy (non-hydrogen) atoms. The number of nitrogens with zero attached hydrogens (tertiary/aromatic N) is 5. The maximum Gasteiger partial charge on any atom is 0.307 e. The van der Waals surface area contributed by atoms with Crippen LogP contribution in [0.4, 0.5) is 17.2 Å². The van der Waals surface area contributed by atoms with Crippen molar-refractivity contribution in [1.82, 2.24) is 9.88 Å². The van der Waals surface area contributed by atoms with Gasteiger partial charge in [-0.3, -0.25) is 9.69 Å². The zero-order valence-corrected chi connectivity index (χ0v) is 30.8. The Bertz CT molecular complexity index is 1580. The summed E-state index contributed by atoms with van der Waals surface area (Å²) in [6.07, 6.45) is 13.0. The van der Waals surface area contributed by atoms with Crippen LogP contribution in [-0.2, 0) is 17.6 Å². The summed E-state index contributed by atoms with van der Waals surface area (Å²) in [5.74, 6) is 0.272. The Morgan fingerprint density at radius 1 is 1.00 bits per heavy atom. The Morgan fingerprint density at radius 3 is 2.19 bits per heavy atom. The number of benzene rings is 2. The average Bonchev–Trinajstić information content (AvgIpc) is 3.44. The predicted octanol–water partition coefficient (Wildman–Crippen LogP) is 6.75. The molecule has 3 aliphatic rings. The zero-order valence-electron chi connectivity index (χ0n) is 30.0. The summed E-state index contributed by atoms with van der Waals surface area (Å²) < 4.78 is 2.36. The zero-order chi connectivity index (χ0) is 35.3. The minimum Gasteiger partial charge on any atom is -0.481 e. The topological polar surface area (TPSA) is 83.4 Å². The molecular formula is C39H53N5O3S. The molecule has 1 fully saturated rings. The first-order valence-corrected chi connectivity index (χ1v) is 18.0. The molecule has 0 saturated carbocycles. The monoisotopic (exact) mass is 671 g/mol. The van der Waals surface area contributed by atoms with Gasteiger partial charge < -0.3 is 24.3 Å². The van der Waals surface area contributed by atoms with Gasteiger partial charge in [0.05, 0.1) is 29.4 Å². The first-order valence-electron chi connectivity index (χ1n) is 16.8. The minimum absolute atomic E-state index is 0.0178. The Labute approximate surface area is 292 Å². The number of terminal acetylenes is 1. The molecule has 0 aliphatic carbocycles. The molecule has 0 spiro atoms. The van der Waals surface area contributed by atoms with Crippen molar-refractivity contribution in [3.8, 4) is 24.0 Å². The summed E-state index contributed by atoms with van der Waals surface area (Å²) in [5.41, 5.74) is 9.97. The van der Waals surface area contributed by atoms with E-state index in [0.717, 1.165) is 73.8 Å². The molecule has 3 aromatic rings. The number of anilines is 3. The second-order valence-corrected chi connectivity index (χ2v) is 14.8. The Balaban J connectivity index is 0.000000682. The standard InChI is InChI=1S/C33H41N5O2S.C4H10O.C2H2/c1-21(2)35-12-14-36(15-13-35)29-18-25(10-11-34-29)28-19-27-31(24-8-6-22(3)7-9-24)26(20-30(39)40)23(4)32-33(27)37(28)16-17-38(32)41-5;1-4(2,3)5;1-2/h6-11,18,21,28H,12-17,19-20H2,1-5H3,(H,39,40);5H,1-3H3;1-2H. The van der Waals surface area contributed by atoms with Gasteiger partial charge in [0.25, 0.3) is 0 Å². The number of pyridine rings is 1. The molecule has 1 atom stereocenters. The molecule has 8 nitrogen and oxygen atoms in total. The molecule has 0 bridgehead atoms. The van der Waals surface area contributed by atoms with Crippen LogP contribution in [0.15, 0.2) is 42.6 Å². The summed E-state index contributed by atoms with van der Waals surface area (Å²) in [6, 6.07) is 13.8. The van der Waals surface area contributed by atoms with Crippen molar-refractivity contribution in [2.75, 3.05) is 59.6 Å². The van der Waals surface area contributed by atoms with E-state index in [0.29, 0.717) is 6.04 Å². The van der Waals surface area contributed by atoms with Crippen LogP contribution >= 0.6 is 11.9 Å². The molecule has 2 N–H and O–H groups in total. The van der Waals surface area contributed by atoms with Crippen molar-refractivity contribution in [3.63, 3.8) is 0 Å². The molecule has 3 aliphatic heterocycles. The van der Waals surface area contributed by atoms with Crippen LogP contribution < -0.4 is 14.1 Å². The average molecular weight is 672 g/mol. The van der Waals surface area contributed by atoms with Gasteiger partial charge in [0, 0.05) is 57.8 Å². The Morgan fingerprint density at radius 2 is 1.62 bits per heavy atom. The van der Waals surface area contributed by atoms with E-state index in [4.69, 9.17) is 10.1 Å². The van der Waals surface area contributed by atoms with E-state index in [1.807, 2.05) is 6.20 Å². The highest BCUT2D eigenvalue weighted by atomic mass is 32.2. The van der Waals surface area contributed by atoms with Crippen molar-refractivity contribution in [2.24, 2.45) is 0 Å². The second-order valence-electron chi connectivity index (χ2n) is 14.0. The lowest BCUT2D eigenvalue weighted by molar-refractivity contribution is -0.136. The number of aliphatic carboxylic acids is 1. The minimum atomic E-state index is -0.789. The molecule has 258 valence electrons. The number of carboxylic acids is 1.